The molecule has 0 aliphatic carbocycles. The predicted molar refractivity (Wildman–Crippen MR) is 70.2 cm³/mol. The zero-order valence-corrected chi connectivity index (χ0v) is 10.7. The Morgan fingerprint density at radius 3 is 2.81 bits per heavy atom. The number of halogens is 2. The monoisotopic (exact) mass is 300 g/mol. The van der Waals surface area contributed by atoms with Crippen molar-refractivity contribution >= 4 is 38.6 Å². The van der Waals surface area contributed by atoms with Gasteiger partial charge in [0.2, 0.25) is 0 Å². The fourth-order valence-electron chi connectivity index (χ4n) is 1.30. The highest BCUT2D eigenvalue weighted by Crippen LogP contribution is 2.24. The van der Waals surface area contributed by atoms with Crippen LogP contribution in [0.15, 0.2) is 34.1 Å². The Kier molecular flexibility index (Phi) is 3.46. The van der Waals surface area contributed by atoms with Gasteiger partial charge in [0.1, 0.15) is 5.82 Å². The largest absolute Gasteiger partial charge is 0.399 e. The van der Waals surface area contributed by atoms with Crippen LogP contribution in [-0.4, -0.2) is 0 Å². The molecular formula is C11H10BrFN2S. The van der Waals surface area contributed by atoms with Gasteiger partial charge in [0.05, 0.1) is 12.2 Å². The smallest absolute Gasteiger partial charge is 0.148 e. The minimum Gasteiger partial charge on any atom is -0.399 e. The first-order chi connectivity index (χ1) is 7.66. The predicted octanol–water partition coefficient (Wildman–Crippen LogP) is 3.84. The lowest BCUT2D eigenvalue weighted by atomic mass is 10.2. The highest BCUT2D eigenvalue weighted by atomic mass is 79.9. The van der Waals surface area contributed by atoms with Crippen molar-refractivity contribution in [2.75, 3.05) is 11.1 Å². The van der Waals surface area contributed by atoms with Gasteiger partial charge in [0.25, 0.3) is 0 Å². The van der Waals surface area contributed by atoms with Crippen LogP contribution < -0.4 is 11.1 Å². The van der Waals surface area contributed by atoms with Crippen LogP contribution in [-0.2, 0) is 6.54 Å². The average Bonchev–Trinajstić information content (AvgIpc) is 2.63. The number of nitrogens with two attached hydrogens (primary N) is 1. The molecule has 16 heavy (non-hydrogen) atoms. The van der Waals surface area contributed by atoms with E-state index < -0.39 is 0 Å². The molecule has 0 spiro atoms. The molecule has 0 atom stereocenters. The maximum absolute atomic E-state index is 13.4. The van der Waals surface area contributed by atoms with Crippen LogP contribution in [0.2, 0.25) is 0 Å². The molecule has 2 aromatic rings. The number of nitrogen functional groups attached to an aromatic ring is 1. The van der Waals surface area contributed by atoms with Crippen molar-refractivity contribution in [3.63, 3.8) is 0 Å². The second kappa shape index (κ2) is 4.84. The van der Waals surface area contributed by atoms with E-state index in [2.05, 4.69) is 21.2 Å². The Bertz CT molecular complexity index is 498. The number of hydrogen-bond donors (Lipinski definition) is 2. The van der Waals surface area contributed by atoms with Gasteiger partial charge in [-0.2, -0.15) is 0 Å². The molecule has 0 saturated heterocycles. The van der Waals surface area contributed by atoms with Crippen molar-refractivity contribution in [2.24, 2.45) is 0 Å². The average molecular weight is 301 g/mol. The van der Waals surface area contributed by atoms with Crippen LogP contribution in [0.3, 0.4) is 0 Å². The van der Waals surface area contributed by atoms with Crippen molar-refractivity contribution in [1.29, 1.82) is 0 Å². The van der Waals surface area contributed by atoms with Crippen molar-refractivity contribution < 1.29 is 4.39 Å². The Labute approximate surface area is 105 Å². The van der Waals surface area contributed by atoms with Crippen LogP contribution in [0.5, 0.6) is 0 Å². The Hall–Kier alpha value is -1.07. The first-order valence-electron chi connectivity index (χ1n) is 4.67. The number of anilines is 2. The molecule has 5 heteroatoms. The van der Waals surface area contributed by atoms with Gasteiger partial charge in [-0.3, -0.25) is 0 Å². The lowest BCUT2D eigenvalue weighted by Gasteiger charge is -2.07. The zero-order valence-electron chi connectivity index (χ0n) is 8.34. The summed E-state index contributed by atoms with van der Waals surface area (Å²) in [5.41, 5.74) is 6.37. The molecule has 1 aromatic heterocycles. The van der Waals surface area contributed by atoms with Crippen LogP contribution in [0.25, 0.3) is 0 Å². The van der Waals surface area contributed by atoms with Gasteiger partial charge in [0, 0.05) is 15.0 Å². The molecule has 0 fully saturated rings. The standard InChI is InChI=1S/C11H10BrFN2S/c12-8-3-4-16-11(8)6-15-10-2-1-7(14)5-9(10)13/h1-5,15H,6,14H2. The molecule has 0 aliphatic rings. The third-order valence-corrected chi connectivity index (χ3v) is 4.05. The number of hydrogen-bond acceptors (Lipinski definition) is 3. The quantitative estimate of drug-likeness (QED) is 0.845. The first-order valence-corrected chi connectivity index (χ1v) is 6.35. The highest BCUT2D eigenvalue weighted by Gasteiger charge is 2.04. The van der Waals surface area contributed by atoms with E-state index in [-0.39, 0.29) is 5.82 Å². The summed E-state index contributed by atoms with van der Waals surface area (Å²) in [7, 11) is 0. The molecule has 2 nitrogen and oxygen atoms in total. The van der Waals surface area contributed by atoms with Gasteiger partial charge in [0.15, 0.2) is 0 Å². The molecular weight excluding hydrogens is 291 g/mol. The summed E-state index contributed by atoms with van der Waals surface area (Å²) in [6.45, 7) is 0.596. The lowest BCUT2D eigenvalue weighted by molar-refractivity contribution is 0.631. The molecule has 1 heterocycles. The fraction of sp³-hybridized carbons (Fsp3) is 0.0909. The van der Waals surface area contributed by atoms with Crippen molar-refractivity contribution in [2.45, 2.75) is 6.54 Å². The second-order valence-electron chi connectivity index (χ2n) is 3.28. The SMILES string of the molecule is Nc1ccc(NCc2sccc2Br)c(F)c1. The fourth-order valence-corrected chi connectivity index (χ4v) is 2.73. The third-order valence-electron chi connectivity index (χ3n) is 2.12. The summed E-state index contributed by atoms with van der Waals surface area (Å²) in [5, 5.41) is 5.02. The van der Waals surface area contributed by atoms with Gasteiger partial charge >= 0.3 is 0 Å². The van der Waals surface area contributed by atoms with Crippen LogP contribution in [0.4, 0.5) is 15.8 Å². The van der Waals surface area contributed by atoms with Crippen molar-refractivity contribution in [3.05, 3.63) is 44.8 Å². The highest BCUT2D eigenvalue weighted by molar-refractivity contribution is 9.10. The minimum absolute atomic E-state index is 0.326. The van der Waals surface area contributed by atoms with E-state index >= 15 is 0 Å². The van der Waals surface area contributed by atoms with E-state index in [9.17, 15) is 4.39 Å². The van der Waals surface area contributed by atoms with E-state index in [4.69, 9.17) is 5.73 Å². The Morgan fingerprint density at radius 1 is 1.38 bits per heavy atom. The zero-order chi connectivity index (χ0) is 11.5. The Morgan fingerprint density at radius 2 is 2.19 bits per heavy atom. The summed E-state index contributed by atoms with van der Waals surface area (Å²) < 4.78 is 14.5. The summed E-state index contributed by atoms with van der Waals surface area (Å²) in [4.78, 5) is 1.14. The number of thiophene rings is 1. The third kappa shape index (κ3) is 2.54. The topological polar surface area (TPSA) is 38.0 Å². The molecule has 2 rings (SSSR count). The number of rotatable bonds is 3. The maximum Gasteiger partial charge on any atom is 0.148 e. The van der Waals surface area contributed by atoms with Gasteiger partial charge in [-0.15, -0.1) is 11.3 Å². The minimum atomic E-state index is -0.326. The lowest BCUT2D eigenvalue weighted by Crippen LogP contribution is -2.00. The van der Waals surface area contributed by atoms with Gasteiger partial charge in [-0.25, -0.2) is 4.39 Å². The summed E-state index contributed by atoms with van der Waals surface area (Å²) in [6.07, 6.45) is 0. The van der Waals surface area contributed by atoms with Crippen LogP contribution in [0, 0.1) is 5.82 Å². The van der Waals surface area contributed by atoms with E-state index in [1.807, 2.05) is 11.4 Å². The van der Waals surface area contributed by atoms with E-state index in [1.165, 1.54) is 6.07 Å². The van der Waals surface area contributed by atoms with E-state index in [0.717, 1.165) is 9.35 Å². The molecule has 0 saturated carbocycles. The normalized spacial score (nSPS) is 10.4. The number of benzene rings is 1. The van der Waals surface area contributed by atoms with Gasteiger partial charge < -0.3 is 11.1 Å². The molecule has 0 aliphatic heterocycles. The molecule has 0 bridgehead atoms. The van der Waals surface area contributed by atoms with Crippen LogP contribution >= 0.6 is 27.3 Å². The Balaban J connectivity index is 2.08. The van der Waals surface area contributed by atoms with Gasteiger partial charge in [-0.05, 0) is 45.6 Å². The molecule has 1 aromatic carbocycles. The first kappa shape index (κ1) is 11.4. The van der Waals surface area contributed by atoms with E-state index in [1.54, 1.807) is 23.5 Å². The summed E-state index contributed by atoms with van der Waals surface area (Å²) in [6, 6.07) is 6.61. The molecule has 3 N–H and O–H groups in total. The molecule has 0 unspecified atom stereocenters. The van der Waals surface area contributed by atoms with Crippen LogP contribution in [0.1, 0.15) is 4.88 Å². The molecule has 0 amide bonds. The summed E-state index contributed by atoms with van der Waals surface area (Å²) in [5.74, 6) is -0.326. The molecule has 0 radical (unpaired) electrons. The summed E-state index contributed by atoms with van der Waals surface area (Å²) >= 11 is 5.05. The van der Waals surface area contributed by atoms with Crippen molar-refractivity contribution in [1.82, 2.24) is 0 Å². The van der Waals surface area contributed by atoms with Crippen molar-refractivity contribution in [3.8, 4) is 0 Å². The maximum atomic E-state index is 13.4. The second-order valence-corrected chi connectivity index (χ2v) is 5.14. The molecule has 84 valence electrons. The van der Waals surface area contributed by atoms with E-state index in [0.29, 0.717) is 17.9 Å². The van der Waals surface area contributed by atoms with Gasteiger partial charge in [-0.1, -0.05) is 0 Å². The number of nitrogens with one attached hydrogen (secondary N) is 1.